The van der Waals surface area contributed by atoms with Gasteiger partial charge in [-0.2, -0.15) is 0 Å². The molecule has 0 spiro atoms. The van der Waals surface area contributed by atoms with Crippen LogP contribution >= 0.6 is 11.3 Å². The predicted molar refractivity (Wildman–Crippen MR) is 77.2 cm³/mol. The summed E-state index contributed by atoms with van der Waals surface area (Å²) >= 11 is 1.58. The number of benzene rings is 1. The molecule has 19 heavy (non-hydrogen) atoms. The summed E-state index contributed by atoms with van der Waals surface area (Å²) in [5.41, 5.74) is 3.80. The quantitative estimate of drug-likeness (QED) is 0.882. The zero-order chi connectivity index (χ0) is 13.7. The number of nitrogens with zero attached hydrogens (tertiary/aromatic N) is 1. The molecule has 1 aromatic carbocycles. The molecule has 102 valence electrons. The number of aromatic nitrogens is 1. The molecule has 0 aliphatic heterocycles. The second-order valence-electron chi connectivity index (χ2n) is 3.98. The van der Waals surface area contributed by atoms with Crippen LogP contribution in [0, 0.1) is 0 Å². The van der Waals surface area contributed by atoms with Crippen molar-refractivity contribution in [2.24, 2.45) is 0 Å². The van der Waals surface area contributed by atoms with E-state index in [2.05, 4.69) is 17.2 Å². The molecule has 0 fully saturated rings. The van der Waals surface area contributed by atoms with Gasteiger partial charge in [0.2, 0.25) is 0 Å². The average molecular weight is 278 g/mol. The molecule has 1 heterocycles. The fourth-order valence-corrected chi connectivity index (χ4v) is 2.67. The summed E-state index contributed by atoms with van der Waals surface area (Å²) in [4.78, 5) is 4.41. The molecule has 1 unspecified atom stereocenters. The molecule has 0 bridgehead atoms. The largest absolute Gasteiger partial charge is 0.496 e. The number of ether oxygens (including phenoxy) is 2. The van der Waals surface area contributed by atoms with Crippen LogP contribution in [0.5, 0.6) is 11.5 Å². The van der Waals surface area contributed by atoms with Crippen molar-refractivity contribution in [2.45, 2.75) is 13.0 Å². The first-order chi connectivity index (χ1) is 9.31. The van der Waals surface area contributed by atoms with Crippen LogP contribution in [0.1, 0.15) is 24.2 Å². The second-order valence-corrected chi connectivity index (χ2v) is 4.70. The Kier molecular flexibility index (Phi) is 4.76. The van der Waals surface area contributed by atoms with E-state index in [9.17, 15) is 0 Å². The van der Waals surface area contributed by atoms with Gasteiger partial charge >= 0.3 is 0 Å². The standard InChI is InChI=1S/C14H18N2O2S/c1-4-15-14(10-8-19-9-16-10)13-11(17-2)6-5-7-12(13)18-3/h5-9,14-15H,4H2,1-3H3. The van der Waals surface area contributed by atoms with E-state index < -0.39 is 0 Å². The van der Waals surface area contributed by atoms with Crippen LogP contribution in [0.25, 0.3) is 0 Å². The van der Waals surface area contributed by atoms with E-state index in [1.165, 1.54) is 0 Å². The molecular formula is C14H18N2O2S. The number of hydrogen-bond donors (Lipinski definition) is 1. The molecule has 0 saturated heterocycles. The Balaban J connectivity index is 2.52. The molecule has 5 heteroatoms. The van der Waals surface area contributed by atoms with Gasteiger partial charge in [0.25, 0.3) is 0 Å². The van der Waals surface area contributed by atoms with Crippen molar-refractivity contribution in [2.75, 3.05) is 20.8 Å². The summed E-state index contributed by atoms with van der Waals surface area (Å²) in [5, 5.41) is 5.48. The molecular weight excluding hydrogens is 260 g/mol. The lowest BCUT2D eigenvalue weighted by molar-refractivity contribution is 0.376. The molecule has 2 rings (SSSR count). The zero-order valence-electron chi connectivity index (χ0n) is 11.3. The van der Waals surface area contributed by atoms with Gasteiger partial charge in [-0.25, -0.2) is 4.98 Å². The fraction of sp³-hybridized carbons (Fsp3) is 0.357. The van der Waals surface area contributed by atoms with E-state index in [-0.39, 0.29) is 6.04 Å². The first-order valence-electron chi connectivity index (χ1n) is 6.14. The molecule has 0 radical (unpaired) electrons. The minimum Gasteiger partial charge on any atom is -0.496 e. The van der Waals surface area contributed by atoms with Crippen molar-refractivity contribution in [1.29, 1.82) is 0 Å². The highest BCUT2D eigenvalue weighted by atomic mass is 32.1. The number of thiazole rings is 1. The summed E-state index contributed by atoms with van der Waals surface area (Å²) < 4.78 is 10.9. The van der Waals surface area contributed by atoms with Crippen LogP contribution in [-0.2, 0) is 0 Å². The molecule has 0 aliphatic rings. The topological polar surface area (TPSA) is 43.4 Å². The smallest absolute Gasteiger partial charge is 0.127 e. The van der Waals surface area contributed by atoms with Gasteiger partial charge in [-0.05, 0) is 18.7 Å². The molecule has 1 N–H and O–H groups in total. The van der Waals surface area contributed by atoms with Crippen LogP contribution in [0.3, 0.4) is 0 Å². The molecule has 1 atom stereocenters. The van der Waals surface area contributed by atoms with Crippen molar-refractivity contribution in [3.8, 4) is 11.5 Å². The summed E-state index contributed by atoms with van der Waals surface area (Å²) in [5.74, 6) is 1.61. The van der Waals surface area contributed by atoms with Crippen LogP contribution in [0.4, 0.5) is 0 Å². The van der Waals surface area contributed by atoms with E-state index in [4.69, 9.17) is 9.47 Å². The van der Waals surface area contributed by atoms with Crippen molar-refractivity contribution in [3.63, 3.8) is 0 Å². The predicted octanol–water partition coefficient (Wildman–Crippen LogP) is 2.86. The van der Waals surface area contributed by atoms with Gasteiger partial charge < -0.3 is 14.8 Å². The summed E-state index contributed by atoms with van der Waals surface area (Å²) in [6, 6.07) is 5.77. The van der Waals surface area contributed by atoms with Crippen LogP contribution in [0.15, 0.2) is 29.1 Å². The monoisotopic (exact) mass is 278 g/mol. The number of hydrogen-bond acceptors (Lipinski definition) is 5. The zero-order valence-corrected chi connectivity index (χ0v) is 12.2. The second kappa shape index (κ2) is 6.54. The Bertz CT molecular complexity index is 492. The normalized spacial score (nSPS) is 12.2. The molecule has 2 aromatic rings. The SMILES string of the molecule is CCNC(c1cscn1)c1c(OC)cccc1OC. The van der Waals surface area contributed by atoms with Crippen molar-refractivity contribution >= 4 is 11.3 Å². The number of nitrogens with one attached hydrogen (secondary N) is 1. The third-order valence-electron chi connectivity index (χ3n) is 2.91. The lowest BCUT2D eigenvalue weighted by Crippen LogP contribution is -2.23. The Morgan fingerprint density at radius 3 is 2.42 bits per heavy atom. The summed E-state index contributed by atoms with van der Waals surface area (Å²) in [6.07, 6.45) is 0. The Morgan fingerprint density at radius 1 is 1.26 bits per heavy atom. The maximum atomic E-state index is 5.47. The van der Waals surface area contributed by atoms with Gasteiger partial charge in [0.15, 0.2) is 0 Å². The van der Waals surface area contributed by atoms with Gasteiger partial charge in [-0.15, -0.1) is 11.3 Å². The fourth-order valence-electron chi connectivity index (χ4n) is 2.09. The van der Waals surface area contributed by atoms with E-state index >= 15 is 0 Å². The van der Waals surface area contributed by atoms with Crippen LogP contribution < -0.4 is 14.8 Å². The third-order valence-corrected chi connectivity index (χ3v) is 3.51. The third kappa shape index (κ3) is 2.88. The highest BCUT2D eigenvalue weighted by Crippen LogP contribution is 2.37. The molecule has 0 saturated carbocycles. The van der Waals surface area contributed by atoms with Crippen molar-refractivity contribution in [3.05, 3.63) is 40.3 Å². The maximum absolute atomic E-state index is 5.47. The van der Waals surface area contributed by atoms with E-state index in [0.717, 1.165) is 29.3 Å². The number of methoxy groups -OCH3 is 2. The Hall–Kier alpha value is -1.59. The Morgan fingerprint density at radius 2 is 1.95 bits per heavy atom. The average Bonchev–Trinajstić information content (AvgIpc) is 2.98. The van der Waals surface area contributed by atoms with E-state index in [1.807, 2.05) is 29.1 Å². The summed E-state index contributed by atoms with van der Waals surface area (Å²) in [7, 11) is 3.34. The van der Waals surface area contributed by atoms with Crippen LogP contribution in [0.2, 0.25) is 0 Å². The van der Waals surface area contributed by atoms with Crippen molar-refractivity contribution in [1.82, 2.24) is 10.3 Å². The molecule has 0 aliphatic carbocycles. The lowest BCUT2D eigenvalue weighted by Gasteiger charge is -2.21. The Labute approximate surface area is 117 Å². The molecule has 0 amide bonds. The minimum absolute atomic E-state index is 0.0256. The van der Waals surface area contributed by atoms with Gasteiger partial charge in [0.05, 0.1) is 37.0 Å². The first kappa shape index (κ1) is 13.8. The van der Waals surface area contributed by atoms with Gasteiger partial charge in [0, 0.05) is 5.38 Å². The summed E-state index contributed by atoms with van der Waals surface area (Å²) in [6.45, 7) is 2.91. The van der Waals surface area contributed by atoms with E-state index in [0.29, 0.717) is 0 Å². The minimum atomic E-state index is -0.0256. The van der Waals surface area contributed by atoms with E-state index in [1.54, 1.807) is 25.6 Å². The van der Waals surface area contributed by atoms with Gasteiger partial charge in [-0.1, -0.05) is 13.0 Å². The van der Waals surface area contributed by atoms with Crippen molar-refractivity contribution < 1.29 is 9.47 Å². The molecule has 4 nitrogen and oxygen atoms in total. The number of rotatable bonds is 6. The van der Waals surface area contributed by atoms with Gasteiger partial charge in [0.1, 0.15) is 11.5 Å². The molecule has 1 aromatic heterocycles. The first-order valence-corrected chi connectivity index (χ1v) is 7.08. The highest BCUT2D eigenvalue weighted by molar-refractivity contribution is 7.07. The highest BCUT2D eigenvalue weighted by Gasteiger charge is 2.23. The lowest BCUT2D eigenvalue weighted by atomic mass is 10.0. The van der Waals surface area contributed by atoms with Crippen LogP contribution in [-0.4, -0.2) is 25.7 Å². The van der Waals surface area contributed by atoms with Gasteiger partial charge in [-0.3, -0.25) is 0 Å². The maximum Gasteiger partial charge on any atom is 0.127 e.